The van der Waals surface area contributed by atoms with E-state index in [4.69, 9.17) is 0 Å². The second kappa shape index (κ2) is 9.07. The zero-order valence-corrected chi connectivity index (χ0v) is 15.0. The van der Waals surface area contributed by atoms with Crippen LogP contribution in [0, 0.1) is 0 Å². The summed E-state index contributed by atoms with van der Waals surface area (Å²) in [4.78, 5) is 27.7. The van der Waals surface area contributed by atoms with Crippen molar-refractivity contribution in [3.8, 4) is 0 Å². The van der Waals surface area contributed by atoms with E-state index in [0.717, 1.165) is 12.8 Å². The van der Waals surface area contributed by atoms with Crippen LogP contribution >= 0.6 is 0 Å². The fourth-order valence-electron chi connectivity index (χ4n) is 2.02. The average molecular weight is 376 g/mol. The van der Waals surface area contributed by atoms with Gasteiger partial charge in [-0.05, 0) is 36.8 Å². The minimum atomic E-state index is -3.67. The van der Waals surface area contributed by atoms with Crippen LogP contribution in [0.15, 0.2) is 53.7 Å². The van der Waals surface area contributed by atoms with Crippen LogP contribution in [0.2, 0.25) is 0 Å². The van der Waals surface area contributed by atoms with Gasteiger partial charge in [-0.3, -0.25) is 14.6 Å². The van der Waals surface area contributed by atoms with Crippen molar-refractivity contribution in [3.63, 3.8) is 0 Å². The minimum absolute atomic E-state index is 0.0130. The molecule has 0 aliphatic heterocycles. The zero-order valence-electron chi connectivity index (χ0n) is 14.2. The lowest BCUT2D eigenvalue weighted by Gasteiger charge is -2.09. The van der Waals surface area contributed by atoms with Gasteiger partial charge in [0.25, 0.3) is 0 Å². The predicted molar refractivity (Wildman–Crippen MR) is 98.0 cm³/mol. The Morgan fingerprint density at radius 2 is 1.73 bits per heavy atom. The van der Waals surface area contributed by atoms with E-state index >= 15 is 0 Å². The number of pyridine rings is 1. The summed E-state index contributed by atoms with van der Waals surface area (Å²) >= 11 is 0. The normalized spacial score (nSPS) is 11.0. The molecule has 2 aromatic rings. The molecule has 0 fully saturated rings. The van der Waals surface area contributed by atoms with E-state index in [1.54, 1.807) is 12.1 Å². The quantitative estimate of drug-likeness (QED) is 0.503. The molecule has 0 saturated heterocycles. The molecule has 0 aliphatic rings. The molecule has 3 N–H and O–H groups in total. The van der Waals surface area contributed by atoms with Crippen molar-refractivity contribution >= 4 is 33.2 Å². The van der Waals surface area contributed by atoms with Gasteiger partial charge < -0.3 is 10.6 Å². The van der Waals surface area contributed by atoms with Crippen molar-refractivity contribution in [1.29, 1.82) is 0 Å². The number of carbonyl (C=O) groups is 2. The SMILES string of the molecule is CCCCNS(=O)(=O)c1cccc(NC(=O)C(=O)Nc2cccnc2)c1. The third-order valence-corrected chi connectivity index (χ3v) is 4.81. The summed E-state index contributed by atoms with van der Waals surface area (Å²) in [6.45, 7) is 2.30. The van der Waals surface area contributed by atoms with Gasteiger partial charge in [0.2, 0.25) is 10.0 Å². The van der Waals surface area contributed by atoms with Gasteiger partial charge in [-0.25, -0.2) is 13.1 Å². The Hall–Kier alpha value is -2.78. The van der Waals surface area contributed by atoms with E-state index in [1.807, 2.05) is 6.92 Å². The molecule has 8 nitrogen and oxygen atoms in total. The Labute approximate surface area is 152 Å². The molecule has 0 unspecified atom stereocenters. The first-order valence-corrected chi connectivity index (χ1v) is 9.53. The molecular formula is C17H20N4O4S. The van der Waals surface area contributed by atoms with Gasteiger partial charge in [-0.2, -0.15) is 0 Å². The van der Waals surface area contributed by atoms with Gasteiger partial charge in [0, 0.05) is 18.4 Å². The molecule has 0 aliphatic carbocycles. The Kier molecular flexibility index (Phi) is 6.81. The fourth-order valence-corrected chi connectivity index (χ4v) is 3.14. The van der Waals surface area contributed by atoms with E-state index in [-0.39, 0.29) is 10.6 Å². The second-order valence-corrected chi connectivity index (χ2v) is 7.20. The van der Waals surface area contributed by atoms with Gasteiger partial charge in [0.15, 0.2) is 0 Å². The molecule has 0 radical (unpaired) electrons. The standard InChI is InChI=1S/C17H20N4O4S/c1-2-3-10-19-26(24,25)15-8-4-6-13(11-15)20-16(22)17(23)21-14-7-5-9-18-12-14/h4-9,11-12,19H,2-3,10H2,1H3,(H,20,22)(H,21,23). The second-order valence-electron chi connectivity index (χ2n) is 5.43. The van der Waals surface area contributed by atoms with Crippen molar-refractivity contribution in [2.24, 2.45) is 0 Å². The maximum atomic E-state index is 12.2. The molecule has 1 aromatic heterocycles. The van der Waals surface area contributed by atoms with Crippen LogP contribution < -0.4 is 15.4 Å². The highest BCUT2D eigenvalue weighted by Gasteiger charge is 2.17. The molecule has 1 heterocycles. The Morgan fingerprint density at radius 1 is 1.04 bits per heavy atom. The third-order valence-electron chi connectivity index (χ3n) is 3.35. The van der Waals surface area contributed by atoms with Crippen molar-refractivity contribution in [2.45, 2.75) is 24.7 Å². The molecule has 138 valence electrons. The van der Waals surface area contributed by atoms with E-state index in [2.05, 4.69) is 20.3 Å². The van der Waals surface area contributed by atoms with Crippen LogP contribution in [0.4, 0.5) is 11.4 Å². The van der Waals surface area contributed by atoms with Crippen molar-refractivity contribution in [3.05, 3.63) is 48.8 Å². The minimum Gasteiger partial charge on any atom is -0.318 e. The number of aromatic nitrogens is 1. The maximum Gasteiger partial charge on any atom is 0.314 e. The van der Waals surface area contributed by atoms with Gasteiger partial charge >= 0.3 is 11.8 Å². The highest BCUT2D eigenvalue weighted by molar-refractivity contribution is 7.89. The molecule has 0 saturated carbocycles. The maximum absolute atomic E-state index is 12.2. The molecule has 0 atom stereocenters. The molecule has 26 heavy (non-hydrogen) atoms. The molecule has 0 spiro atoms. The van der Waals surface area contributed by atoms with Crippen molar-refractivity contribution < 1.29 is 18.0 Å². The highest BCUT2D eigenvalue weighted by atomic mass is 32.2. The number of hydrogen-bond donors (Lipinski definition) is 3. The van der Waals surface area contributed by atoms with Gasteiger partial charge in [-0.15, -0.1) is 0 Å². The number of amides is 2. The summed E-state index contributed by atoms with van der Waals surface area (Å²) in [5.41, 5.74) is 0.582. The smallest absolute Gasteiger partial charge is 0.314 e. The molecule has 1 aromatic carbocycles. The van der Waals surface area contributed by atoms with Crippen molar-refractivity contribution in [2.75, 3.05) is 17.2 Å². The summed E-state index contributed by atoms with van der Waals surface area (Å²) in [5.74, 6) is -1.80. The zero-order chi connectivity index (χ0) is 19.0. The van der Waals surface area contributed by atoms with Crippen molar-refractivity contribution in [1.82, 2.24) is 9.71 Å². The molecule has 0 bridgehead atoms. The Bertz CT molecular complexity index is 869. The van der Waals surface area contributed by atoms with Crippen LogP contribution in [-0.4, -0.2) is 31.8 Å². The summed E-state index contributed by atoms with van der Waals surface area (Å²) in [5, 5.41) is 4.78. The number of carbonyl (C=O) groups excluding carboxylic acids is 2. The number of rotatable bonds is 7. The summed E-state index contributed by atoms with van der Waals surface area (Å²) in [6.07, 6.45) is 4.53. The van der Waals surface area contributed by atoms with E-state index in [0.29, 0.717) is 12.2 Å². The van der Waals surface area contributed by atoms with Crippen LogP contribution in [-0.2, 0) is 19.6 Å². The van der Waals surface area contributed by atoms with E-state index < -0.39 is 21.8 Å². The number of benzene rings is 1. The van der Waals surface area contributed by atoms with E-state index in [1.165, 1.54) is 36.7 Å². The lowest BCUT2D eigenvalue weighted by atomic mass is 10.3. The summed E-state index contributed by atoms with van der Waals surface area (Å²) in [6, 6.07) is 8.91. The first-order chi connectivity index (χ1) is 12.4. The lowest BCUT2D eigenvalue weighted by Crippen LogP contribution is -2.29. The molecule has 2 rings (SSSR count). The molecular weight excluding hydrogens is 356 g/mol. The predicted octanol–water partition coefficient (Wildman–Crippen LogP) is 1.74. The molecule has 2 amide bonds. The molecule has 9 heteroatoms. The van der Waals surface area contributed by atoms with Crippen LogP contribution in [0.1, 0.15) is 19.8 Å². The summed E-state index contributed by atoms with van der Waals surface area (Å²) < 4.78 is 26.9. The number of hydrogen-bond acceptors (Lipinski definition) is 5. The third kappa shape index (κ3) is 5.64. The monoisotopic (exact) mass is 376 g/mol. The number of sulfonamides is 1. The van der Waals surface area contributed by atoms with Crippen LogP contribution in [0.25, 0.3) is 0 Å². The fraction of sp³-hybridized carbons (Fsp3) is 0.235. The topological polar surface area (TPSA) is 117 Å². The van der Waals surface area contributed by atoms with E-state index in [9.17, 15) is 18.0 Å². The first-order valence-electron chi connectivity index (χ1n) is 8.04. The number of anilines is 2. The Balaban J connectivity index is 2.03. The van der Waals surface area contributed by atoms with Crippen LogP contribution in [0.5, 0.6) is 0 Å². The van der Waals surface area contributed by atoms with Gasteiger partial charge in [0.1, 0.15) is 0 Å². The Morgan fingerprint density at radius 3 is 2.38 bits per heavy atom. The lowest BCUT2D eigenvalue weighted by molar-refractivity contribution is -0.133. The number of nitrogens with one attached hydrogen (secondary N) is 3. The van der Waals surface area contributed by atoms with Gasteiger partial charge in [0.05, 0.1) is 16.8 Å². The number of nitrogens with zero attached hydrogens (tertiary/aromatic N) is 1. The highest BCUT2D eigenvalue weighted by Crippen LogP contribution is 2.15. The largest absolute Gasteiger partial charge is 0.318 e. The van der Waals surface area contributed by atoms with Gasteiger partial charge in [-0.1, -0.05) is 19.4 Å². The average Bonchev–Trinajstić information content (AvgIpc) is 2.63. The van der Waals surface area contributed by atoms with Crippen LogP contribution in [0.3, 0.4) is 0 Å². The number of unbranched alkanes of at least 4 members (excludes halogenated alkanes) is 1. The summed E-state index contributed by atoms with van der Waals surface area (Å²) in [7, 11) is -3.67. The first kappa shape index (κ1) is 19.5.